The zero-order valence-electron chi connectivity index (χ0n) is 19.9. The number of benzene rings is 2. The Balaban J connectivity index is 1.49. The summed E-state index contributed by atoms with van der Waals surface area (Å²) in [6, 6.07) is 15.3. The number of aromatic carboxylic acids is 1. The summed E-state index contributed by atoms with van der Waals surface area (Å²) in [5, 5.41) is 22.7. The first-order valence-corrected chi connectivity index (χ1v) is 11.0. The Morgan fingerprint density at radius 1 is 1.03 bits per heavy atom. The highest BCUT2D eigenvalue weighted by atomic mass is 16.4. The number of carboxylic acids is 1. The second kappa shape index (κ2) is 10.1. The summed E-state index contributed by atoms with van der Waals surface area (Å²) < 4.78 is 1.47. The van der Waals surface area contributed by atoms with Crippen molar-refractivity contribution < 1.29 is 19.5 Å². The first-order chi connectivity index (χ1) is 17.2. The number of aryl methyl sites for hydroxylation is 1. The minimum absolute atomic E-state index is 0.0412. The van der Waals surface area contributed by atoms with Crippen molar-refractivity contribution in [3.63, 3.8) is 0 Å². The molecule has 2 aromatic heterocycles. The van der Waals surface area contributed by atoms with Crippen LogP contribution in [0.5, 0.6) is 0 Å². The Hall–Kier alpha value is -4.93. The molecule has 0 spiro atoms. The van der Waals surface area contributed by atoms with Crippen LogP contribution in [0.2, 0.25) is 0 Å². The van der Waals surface area contributed by atoms with Crippen molar-refractivity contribution in [3.8, 4) is 0 Å². The topological polar surface area (TPSA) is 141 Å². The number of anilines is 3. The highest BCUT2D eigenvalue weighted by Gasteiger charge is 2.17. The van der Waals surface area contributed by atoms with Crippen molar-refractivity contribution in [2.45, 2.75) is 6.54 Å². The number of carboxylic acid groups (broad SMARTS) is 1. The molecule has 2 heterocycles. The van der Waals surface area contributed by atoms with Gasteiger partial charge in [0.25, 0.3) is 5.91 Å². The van der Waals surface area contributed by atoms with Gasteiger partial charge in [0.15, 0.2) is 5.69 Å². The molecule has 11 nitrogen and oxygen atoms in total. The molecule has 0 fully saturated rings. The lowest BCUT2D eigenvalue weighted by Crippen LogP contribution is -2.27. The van der Waals surface area contributed by atoms with Gasteiger partial charge >= 0.3 is 12.0 Å². The van der Waals surface area contributed by atoms with Gasteiger partial charge < -0.3 is 20.6 Å². The third kappa shape index (κ3) is 5.25. The molecule has 36 heavy (non-hydrogen) atoms. The number of rotatable bonds is 7. The van der Waals surface area contributed by atoms with E-state index in [9.17, 15) is 19.5 Å². The van der Waals surface area contributed by atoms with Crippen molar-refractivity contribution in [2.75, 3.05) is 30.0 Å². The van der Waals surface area contributed by atoms with Crippen LogP contribution >= 0.6 is 0 Å². The normalized spacial score (nSPS) is 10.6. The summed E-state index contributed by atoms with van der Waals surface area (Å²) in [5.74, 6) is -1.01. The van der Waals surface area contributed by atoms with Crippen LogP contribution in [0.25, 0.3) is 10.9 Å². The van der Waals surface area contributed by atoms with Crippen molar-refractivity contribution in [1.29, 1.82) is 0 Å². The number of amides is 3. The highest BCUT2D eigenvalue weighted by Crippen LogP contribution is 2.24. The second-order valence-electron chi connectivity index (χ2n) is 8.24. The van der Waals surface area contributed by atoms with Gasteiger partial charge in [-0.15, -0.1) is 0 Å². The van der Waals surface area contributed by atoms with Gasteiger partial charge in [-0.05, 0) is 48.0 Å². The summed E-state index contributed by atoms with van der Waals surface area (Å²) in [7, 11) is 4.94. The van der Waals surface area contributed by atoms with Gasteiger partial charge in [0, 0.05) is 50.6 Å². The Morgan fingerprint density at radius 3 is 2.56 bits per heavy atom. The molecule has 0 saturated carbocycles. The molecule has 0 saturated heterocycles. The maximum Gasteiger partial charge on any atom is 0.357 e. The van der Waals surface area contributed by atoms with E-state index in [1.54, 1.807) is 69.8 Å². The smallest absolute Gasteiger partial charge is 0.357 e. The minimum atomic E-state index is -1.11. The monoisotopic (exact) mass is 487 g/mol. The van der Waals surface area contributed by atoms with Gasteiger partial charge in [0.05, 0.1) is 11.1 Å². The number of fused-ring (bicyclic) bond motifs is 1. The molecule has 0 aliphatic rings. The van der Waals surface area contributed by atoms with E-state index in [4.69, 9.17) is 0 Å². The van der Waals surface area contributed by atoms with E-state index in [0.29, 0.717) is 40.2 Å². The molecule has 4 N–H and O–H groups in total. The van der Waals surface area contributed by atoms with Crippen LogP contribution in [-0.2, 0) is 13.6 Å². The fraction of sp³-hybridized carbons (Fsp3) is 0.160. The van der Waals surface area contributed by atoms with Crippen LogP contribution in [0.1, 0.15) is 26.4 Å². The first kappa shape index (κ1) is 24.2. The molecular weight excluding hydrogens is 462 g/mol. The summed E-state index contributed by atoms with van der Waals surface area (Å²) >= 11 is 0. The van der Waals surface area contributed by atoms with Gasteiger partial charge in [0.2, 0.25) is 0 Å². The third-order valence-corrected chi connectivity index (χ3v) is 5.43. The summed E-state index contributed by atoms with van der Waals surface area (Å²) in [5.41, 5.74) is 2.99. The predicted octanol–water partition coefficient (Wildman–Crippen LogP) is 3.62. The van der Waals surface area contributed by atoms with Gasteiger partial charge in [0.1, 0.15) is 5.82 Å². The van der Waals surface area contributed by atoms with Crippen molar-refractivity contribution in [1.82, 2.24) is 19.7 Å². The van der Waals surface area contributed by atoms with Gasteiger partial charge in [-0.25, -0.2) is 14.6 Å². The number of carbonyl (C=O) groups is 3. The van der Waals surface area contributed by atoms with Crippen molar-refractivity contribution in [2.24, 2.45) is 7.05 Å². The number of nitrogens with one attached hydrogen (secondary N) is 3. The Bertz CT molecular complexity index is 1460. The molecule has 0 unspecified atom stereocenters. The molecule has 0 aliphatic carbocycles. The zero-order chi connectivity index (χ0) is 25.8. The SMILES string of the molecule is CN(C)C(=O)Nc1cc(CNc2ccccc2C(=O)Nc2ccc3c(C(=O)O)nn(C)c3c2)ccn1. The van der Waals surface area contributed by atoms with Crippen LogP contribution in [0.3, 0.4) is 0 Å². The molecule has 4 rings (SSSR count). The second-order valence-corrected chi connectivity index (χ2v) is 8.24. The van der Waals surface area contributed by atoms with Crippen LogP contribution in [0.15, 0.2) is 60.8 Å². The van der Waals surface area contributed by atoms with Gasteiger partial charge in [-0.3, -0.25) is 14.8 Å². The van der Waals surface area contributed by atoms with Crippen molar-refractivity contribution >= 4 is 46.0 Å². The van der Waals surface area contributed by atoms with E-state index in [1.165, 1.54) is 9.58 Å². The highest BCUT2D eigenvalue weighted by molar-refractivity contribution is 6.09. The molecule has 4 aromatic rings. The number of urea groups is 1. The lowest BCUT2D eigenvalue weighted by atomic mass is 10.1. The van der Waals surface area contributed by atoms with E-state index in [-0.39, 0.29) is 17.6 Å². The average molecular weight is 488 g/mol. The van der Waals surface area contributed by atoms with E-state index >= 15 is 0 Å². The quantitative estimate of drug-likeness (QED) is 0.312. The minimum Gasteiger partial charge on any atom is -0.476 e. The maximum atomic E-state index is 13.1. The maximum absolute atomic E-state index is 13.1. The molecule has 184 valence electrons. The Kier molecular flexibility index (Phi) is 6.81. The van der Waals surface area contributed by atoms with Crippen LogP contribution < -0.4 is 16.0 Å². The summed E-state index contributed by atoms with van der Waals surface area (Å²) in [6.45, 7) is 0.399. The number of hydrogen-bond acceptors (Lipinski definition) is 6. The summed E-state index contributed by atoms with van der Waals surface area (Å²) in [6.07, 6.45) is 1.60. The van der Waals surface area contributed by atoms with Crippen LogP contribution in [0.4, 0.5) is 22.0 Å². The average Bonchev–Trinajstić information content (AvgIpc) is 3.19. The molecule has 0 aliphatic heterocycles. The molecule has 0 bridgehead atoms. The molecular formula is C25H25N7O4. The fourth-order valence-corrected chi connectivity index (χ4v) is 3.60. The Labute approximate surface area is 206 Å². The largest absolute Gasteiger partial charge is 0.476 e. The van der Waals surface area contributed by atoms with E-state index in [0.717, 1.165) is 5.56 Å². The van der Waals surface area contributed by atoms with Gasteiger partial charge in [-0.2, -0.15) is 5.10 Å². The number of hydrogen-bond donors (Lipinski definition) is 4. The zero-order valence-corrected chi connectivity index (χ0v) is 19.9. The van der Waals surface area contributed by atoms with E-state index in [1.807, 2.05) is 12.1 Å². The molecule has 11 heteroatoms. The molecule has 0 atom stereocenters. The number of para-hydroxylation sites is 1. The Morgan fingerprint density at radius 2 is 1.81 bits per heavy atom. The van der Waals surface area contributed by atoms with Crippen molar-refractivity contribution in [3.05, 3.63) is 77.6 Å². The predicted molar refractivity (Wildman–Crippen MR) is 136 cm³/mol. The van der Waals surface area contributed by atoms with E-state index in [2.05, 4.69) is 26.0 Å². The van der Waals surface area contributed by atoms with E-state index < -0.39 is 5.97 Å². The number of aromatic nitrogens is 3. The number of pyridine rings is 1. The molecule has 2 aromatic carbocycles. The molecule has 3 amide bonds. The fourth-order valence-electron chi connectivity index (χ4n) is 3.60. The number of nitrogens with zero attached hydrogens (tertiary/aromatic N) is 4. The van der Waals surface area contributed by atoms with Crippen LogP contribution in [-0.4, -0.2) is 56.8 Å². The molecule has 0 radical (unpaired) electrons. The first-order valence-electron chi connectivity index (χ1n) is 11.0. The number of carbonyl (C=O) groups excluding carboxylic acids is 2. The summed E-state index contributed by atoms with van der Waals surface area (Å²) in [4.78, 5) is 41.9. The van der Waals surface area contributed by atoms with Crippen LogP contribution in [0, 0.1) is 0 Å². The van der Waals surface area contributed by atoms with Gasteiger partial charge in [-0.1, -0.05) is 12.1 Å². The third-order valence-electron chi connectivity index (χ3n) is 5.43. The lowest BCUT2D eigenvalue weighted by Gasteiger charge is -2.14. The lowest BCUT2D eigenvalue weighted by molar-refractivity contribution is 0.0691. The standard InChI is InChI=1S/C25H25N7O4/c1-31(2)25(36)29-21-12-15(10-11-26-21)14-27-19-7-5-4-6-17(19)23(33)28-16-8-9-18-20(13-16)32(3)30-22(18)24(34)35/h4-13,27H,14H2,1-3H3,(H,28,33)(H,34,35)(H,26,29,36).